The Balaban J connectivity index is 1.50. The molecule has 2 bridgehead atoms. The van der Waals surface area contributed by atoms with Crippen molar-refractivity contribution in [3.63, 3.8) is 0 Å². The van der Waals surface area contributed by atoms with Crippen molar-refractivity contribution in [3.05, 3.63) is 69.4 Å². The maximum atomic E-state index is 16.3. The lowest BCUT2D eigenvalue weighted by atomic mass is 9.45. The average molecular weight is 973 g/mol. The fourth-order valence-corrected chi connectivity index (χ4v) is 15.9. The van der Waals surface area contributed by atoms with Crippen LogP contribution in [-0.2, 0) is 39.4 Å². The number of H-pyrrole nitrogens is 1. The number of anilines is 1. The van der Waals surface area contributed by atoms with Crippen LogP contribution in [0, 0.1) is 43.9 Å². The Kier molecular flexibility index (Phi) is 11.6. The molecule has 2 aromatic carbocycles. The summed E-state index contributed by atoms with van der Waals surface area (Å²) in [6, 6.07) is 3.14. The van der Waals surface area contributed by atoms with Crippen molar-refractivity contribution in [2.45, 2.75) is 181 Å². The SMILES string of the molecule is [2H]C([2H])(C)Oc1cc2c(c(C)c1[C@@]1(C(=O)OCC)C[C@@H]3C[C@@H](C(C)(F)F)CN(C(C)c4c1[nH]c1cc(C)c(C)cc41)C3C)C13[C@H](C)C(C)N4C(C)C=C[C@](CC)([C@H]41)[C@@H](OC(C)=O)[C@](O)(C(=O)OC)[C@@H]3N2CC. The molecule has 5 aliphatic heterocycles. The number of aromatic amines is 1. The Morgan fingerprint density at radius 3 is 2.26 bits per heavy atom. The zero-order chi connectivity index (χ0) is 52.9. The molecule has 3 fully saturated rings. The number of aromatic nitrogens is 1. The van der Waals surface area contributed by atoms with Crippen LogP contribution < -0.4 is 9.64 Å². The zero-order valence-corrected chi connectivity index (χ0v) is 43.8. The predicted octanol–water partition coefficient (Wildman–Crippen LogP) is 9.15. The molecule has 6 unspecified atom stereocenters. The first-order valence-electron chi connectivity index (χ1n) is 26.6. The van der Waals surface area contributed by atoms with E-state index in [1.54, 1.807) is 13.0 Å². The van der Waals surface area contributed by atoms with Crippen molar-refractivity contribution >= 4 is 34.5 Å². The van der Waals surface area contributed by atoms with E-state index in [1.165, 1.54) is 21.0 Å². The van der Waals surface area contributed by atoms with Crippen molar-refractivity contribution in [3.8, 4) is 5.75 Å². The van der Waals surface area contributed by atoms with E-state index in [0.29, 0.717) is 28.9 Å². The number of ether oxygens (including phenoxy) is 4. The van der Waals surface area contributed by atoms with Gasteiger partial charge in [-0.05, 0) is 147 Å². The smallest absolute Gasteiger partial charge is 0.344 e. The number of aliphatic hydroxyl groups is 1. The van der Waals surface area contributed by atoms with Gasteiger partial charge in [0.15, 0.2) is 6.10 Å². The third kappa shape index (κ3) is 6.35. The second-order valence-electron chi connectivity index (χ2n) is 21.9. The second kappa shape index (κ2) is 17.0. The molecule has 9 rings (SSSR count). The van der Waals surface area contributed by atoms with Crippen LogP contribution in [0.25, 0.3) is 10.9 Å². The lowest BCUT2D eigenvalue weighted by molar-refractivity contribution is -0.231. The molecule has 0 amide bonds. The number of carbonyl (C=O) groups is 3. The third-order valence-corrected chi connectivity index (χ3v) is 19.0. The third-order valence-electron chi connectivity index (χ3n) is 19.0. The molecule has 6 heterocycles. The summed E-state index contributed by atoms with van der Waals surface area (Å²) >= 11 is 0. The summed E-state index contributed by atoms with van der Waals surface area (Å²) in [5.74, 6) is -7.19. The number of esters is 3. The highest BCUT2D eigenvalue weighted by Crippen LogP contribution is 2.72. The first-order chi connectivity index (χ1) is 33.6. The molecule has 1 spiro atoms. The average Bonchev–Trinajstić information content (AvgIpc) is 3.90. The molecule has 14 heteroatoms. The van der Waals surface area contributed by atoms with Gasteiger partial charge in [-0.15, -0.1) is 0 Å². The summed E-state index contributed by atoms with van der Waals surface area (Å²) in [4.78, 5) is 55.1. The fraction of sp³-hybridized carbons (Fsp3) is 0.661. The summed E-state index contributed by atoms with van der Waals surface area (Å²) in [5.41, 5.74) is -0.467. The Bertz CT molecular complexity index is 2750. The molecule has 12 nitrogen and oxygen atoms in total. The molecular weight excluding hydrogens is 895 g/mol. The van der Waals surface area contributed by atoms with Crippen molar-refractivity contribution in [1.82, 2.24) is 14.8 Å². The Labute approximate surface area is 415 Å². The van der Waals surface area contributed by atoms with Crippen LogP contribution in [0.4, 0.5) is 14.5 Å². The summed E-state index contributed by atoms with van der Waals surface area (Å²) in [6.07, 6.45) is 3.12. The number of piperidine rings is 1. The van der Waals surface area contributed by atoms with E-state index in [4.69, 9.17) is 21.7 Å². The Hall–Kier alpha value is -4.53. The molecule has 0 radical (unpaired) electrons. The van der Waals surface area contributed by atoms with Crippen molar-refractivity contribution in [2.24, 2.45) is 23.2 Å². The summed E-state index contributed by atoms with van der Waals surface area (Å²) in [7, 11) is 1.22. The topological polar surface area (TPSA) is 134 Å². The standard InChI is InChI=1S/C56H76F2N4O8/c1-16-53-21-20-30(7)62-33(10)32(9)55(47(53)62)44-31(8)45(42(68-18-3)25-41(44)60(17-2)48(55)56(66,51(65)67-15)49(53)70-36(13)63)54(50(64)69-19-4)26-37-24-38(52(14,57)58)27-61(34(37)11)35(12)43-39-22-28(5)29(6)23-40(39)59-46(43)54/h20-23,25,30,32-35,37-38,47-49,59,66H,16-19,24,26-27H2,1-15H3/t30?,32-,33?,34?,35?,37+,38-,47+,48-,49-,53-,54+,55?,56+/m1/s1/i18D2. The maximum Gasteiger partial charge on any atom is 0.344 e. The van der Waals surface area contributed by atoms with E-state index < -0.39 is 88.3 Å². The molecular formula is C56H76F2N4O8. The monoisotopic (exact) mass is 973 g/mol. The van der Waals surface area contributed by atoms with Gasteiger partial charge in [0.2, 0.25) is 11.5 Å². The van der Waals surface area contributed by atoms with E-state index in [9.17, 15) is 9.90 Å². The number of hydrogen-bond acceptors (Lipinski definition) is 11. The van der Waals surface area contributed by atoms with E-state index in [-0.39, 0.29) is 62.3 Å². The maximum absolute atomic E-state index is 16.3. The fourth-order valence-electron chi connectivity index (χ4n) is 15.9. The number of carbonyl (C=O) groups excluding carboxylic acids is 3. The van der Waals surface area contributed by atoms with Crippen LogP contribution in [0.5, 0.6) is 5.75 Å². The van der Waals surface area contributed by atoms with Gasteiger partial charge in [0.25, 0.3) is 0 Å². The number of likely N-dealkylation sites (N-methyl/N-ethyl adjacent to an activating group) is 1. The largest absolute Gasteiger partial charge is 0.493 e. The number of alkyl halides is 2. The zero-order valence-electron chi connectivity index (χ0n) is 45.8. The minimum absolute atomic E-state index is 0.00197. The number of hydrogen-bond donors (Lipinski definition) is 2. The number of rotatable bonds is 10. The molecule has 3 aromatic rings. The molecule has 1 saturated carbocycles. The van der Waals surface area contributed by atoms with Crippen LogP contribution in [-0.4, -0.2) is 119 Å². The van der Waals surface area contributed by atoms with Gasteiger partial charge in [-0.1, -0.05) is 26.0 Å². The number of nitrogens with zero attached hydrogens (tertiary/aromatic N) is 3. The van der Waals surface area contributed by atoms with Crippen molar-refractivity contribution in [1.29, 1.82) is 0 Å². The first-order valence-corrected chi connectivity index (χ1v) is 25.6. The van der Waals surface area contributed by atoms with Gasteiger partial charge in [-0.25, -0.2) is 13.6 Å². The van der Waals surface area contributed by atoms with Crippen LogP contribution in [0.15, 0.2) is 30.4 Å². The highest BCUT2D eigenvalue weighted by atomic mass is 19.3. The van der Waals surface area contributed by atoms with Gasteiger partial charge in [-0.2, -0.15) is 0 Å². The van der Waals surface area contributed by atoms with Crippen molar-refractivity contribution in [2.75, 3.05) is 38.3 Å². The molecule has 1 aromatic heterocycles. The second-order valence-corrected chi connectivity index (χ2v) is 21.9. The van der Waals surface area contributed by atoms with Crippen molar-refractivity contribution < 1.29 is 50.0 Å². The lowest BCUT2D eigenvalue weighted by Crippen LogP contribution is -2.82. The minimum Gasteiger partial charge on any atom is -0.493 e. The summed E-state index contributed by atoms with van der Waals surface area (Å²) in [6.45, 7) is 23.7. The van der Waals surface area contributed by atoms with Crippen LogP contribution in [0.3, 0.4) is 0 Å². The van der Waals surface area contributed by atoms with Gasteiger partial charge in [0.05, 0.1) is 29.1 Å². The van der Waals surface area contributed by atoms with E-state index in [2.05, 4.69) is 60.7 Å². The van der Waals surface area contributed by atoms with E-state index >= 15 is 18.4 Å². The molecule has 15 atom stereocenters. The number of benzene rings is 2. The van der Waals surface area contributed by atoms with Crippen LogP contribution >= 0.6 is 0 Å². The predicted molar refractivity (Wildman–Crippen MR) is 266 cm³/mol. The number of fused-ring (bicyclic) bond motifs is 6. The van der Waals surface area contributed by atoms with Crippen LogP contribution in [0.1, 0.15) is 143 Å². The summed E-state index contributed by atoms with van der Waals surface area (Å²) in [5, 5.41) is 14.8. The van der Waals surface area contributed by atoms with Gasteiger partial charge < -0.3 is 33.9 Å². The molecule has 70 heavy (non-hydrogen) atoms. The molecule has 6 aliphatic rings. The van der Waals surface area contributed by atoms with Gasteiger partial charge in [-0.3, -0.25) is 19.4 Å². The molecule has 382 valence electrons. The molecule has 2 saturated heterocycles. The first kappa shape index (κ1) is 47.8. The van der Waals surface area contributed by atoms with Crippen LogP contribution in [0.2, 0.25) is 0 Å². The van der Waals surface area contributed by atoms with E-state index in [0.717, 1.165) is 40.1 Å². The van der Waals surface area contributed by atoms with Gasteiger partial charge in [0.1, 0.15) is 11.2 Å². The highest BCUT2D eigenvalue weighted by Gasteiger charge is 2.83. The quantitative estimate of drug-likeness (QED) is 0.115. The normalized spacial score (nSPS) is 38.1. The van der Waals surface area contributed by atoms with E-state index in [1.807, 2.05) is 52.5 Å². The highest BCUT2D eigenvalue weighted by molar-refractivity contribution is 5.96. The number of halogens is 2. The Morgan fingerprint density at radius 2 is 1.66 bits per heavy atom. The minimum atomic E-state index is -3.05. The number of methoxy groups -OCH3 is 1. The van der Waals surface area contributed by atoms with Gasteiger partial charge >= 0.3 is 17.9 Å². The van der Waals surface area contributed by atoms with Gasteiger partial charge in [0, 0.05) is 101 Å². The Morgan fingerprint density at radius 1 is 0.971 bits per heavy atom. The lowest BCUT2D eigenvalue weighted by Gasteiger charge is -2.65. The summed E-state index contributed by atoms with van der Waals surface area (Å²) < 4.78 is 75.2. The molecule has 2 N–H and O–H groups in total. The number of nitrogens with one attached hydrogen (secondary N) is 1. The molecule has 1 aliphatic carbocycles. The number of aryl methyl sites for hydroxylation is 2.